The standard InChI is InChI=1S/C23H29N3O3S/c1-4-21(29-22-7-5-6-12-27-22)28-15-16-8-10-18-19(13-16)30-23(25-18)17-9-11-20(24-14-17)26(2)3/h8-11,13-14,21-22H,4-7,12,15H2,1-3H3/t21-,22?/m1/s1. The summed E-state index contributed by atoms with van der Waals surface area (Å²) in [5, 5.41) is 0.977. The van der Waals surface area contributed by atoms with Gasteiger partial charge < -0.3 is 19.1 Å². The second-order valence-electron chi connectivity index (χ2n) is 7.70. The lowest BCUT2D eigenvalue weighted by Crippen LogP contribution is -2.29. The lowest BCUT2D eigenvalue weighted by atomic mass is 10.2. The molecule has 1 fully saturated rings. The van der Waals surface area contributed by atoms with Gasteiger partial charge in [0.2, 0.25) is 0 Å². The summed E-state index contributed by atoms with van der Waals surface area (Å²) in [6.45, 7) is 3.36. The molecule has 1 unspecified atom stereocenters. The van der Waals surface area contributed by atoms with Crippen molar-refractivity contribution in [3.05, 3.63) is 42.1 Å². The molecular formula is C23H29N3O3S. The van der Waals surface area contributed by atoms with Gasteiger partial charge in [-0.1, -0.05) is 13.0 Å². The molecule has 0 saturated carbocycles. The first-order valence-electron chi connectivity index (χ1n) is 10.5. The van der Waals surface area contributed by atoms with Gasteiger partial charge in [0, 0.05) is 32.5 Å². The molecule has 2 aromatic heterocycles. The largest absolute Gasteiger partial charge is 0.363 e. The van der Waals surface area contributed by atoms with Crippen LogP contribution in [0.15, 0.2) is 36.5 Å². The number of nitrogens with zero attached hydrogens (tertiary/aromatic N) is 3. The van der Waals surface area contributed by atoms with Gasteiger partial charge in [0.15, 0.2) is 12.6 Å². The Morgan fingerprint density at radius 1 is 1.23 bits per heavy atom. The second-order valence-corrected chi connectivity index (χ2v) is 8.73. The number of hydrogen-bond acceptors (Lipinski definition) is 7. The summed E-state index contributed by atoms with van der Waals surface area (Å²) in [5.41, 5.74) is 3.14. The zero-order chi connectivity index (χ0) is 20.9. The van der Waals surface area contributed by atoms with Crippen LogP contribution in [0.1, 0.15) is 38.2 Å². The Morgan fingerprint density at radius 2 is 2.13 bits per heavy atom. The number of rotatable bonds is 8. The molecule has 0 N–H and O–H groups in total. The number of hydrogen-bond donors (Lipinski definition) is 0. The van der Waals surface area contributed by atoms with Gasteiger partial charge in [-0.2, -0.15) is 0 Å². The van der Waals surface area contributed by atoms with Crippen molar-refractivity contribution < 1.29 is 14.2 Å². The molecule has 1 aromatic carbocycles. The average Bonchev–Trinajstić information content (AvgIpc) is 3.21. The van der Waals surface area contributed by atoms with E-state index in [0.717, 1.165) is 64.5 Å². The number of anilines is 1. The van der Waals surface area contributed by atoms with Gasteiger partial charge in [0.25, 0.3) is 0 Å². The highest BCUT2D eigenvalue weighted by molar-refractivity contribution is 7.21. The Labute approximate surface area is 181 Å². The van der Waals surface area contributed by atoms with E-state index in [4.69, 9.17) is 19.2 Å². The van der Waals surface area contributed by atoms with Crippen LogP contribution in [0, 0.1) is 0 Å². The van der Waals surface area contributed by atoms with Crippen LogP contribution < -0.4 is 4.90 Å². The first kappa shape index (κ1) is 21.2. The Kier molecular flexibility index (Phi) is 6.94. The zero-order valence-corrected chi connectivity index (χ0v) is 18.7. The maximum Gasteiger partial charge on any atom is 0.160 e. The van der Waals surface area contributed by atoms with E-state index >= 15 is 0 Å². The smallest absolute Gasteiger partial charge is 0.160 e. The number of benzene rings is 1. The maximum atomic E-state index is 6.02. The summed E-state index contributed by atoms with van der Waals surface area (Å²) in [6.07, 6.45) is 5.50. The molecule has 3 aromatic rings. The Balaban J connectivity index is 1.41. The molecule has 0 radical (unpaired) electrons. The quantitative estimate of drug-likeness (QED) is 0.460. The molecule has 0 spiro atoms. The van der Waals surface area contributed by atoms with Crippen LogP contribution in [0.4, 0.5) is 5.82 Å². The lowest BCUT2D eigenvalue weighted by Gasteiger charge is -2.27. The van der Waals surface area contributed by atoms with Crippen LogP contribution in [0.25, 0.3) is 20.8 Å². The van der Waals surface area contributed by atoms with E-state index in [0.29, 0.717) is 6.61 Å². The highest BCUT2D eigenvalue weighted by Gasteiger charge is 2.19. The Hall–Kier alpha value is -2.06. The highest BCUT2D eigenvalue weighted by Crippen LogP contribution is 2.31. The van der Waals surface area contributed by atoms with Crippen LogP contribution in [0.2, 0.25) is 0 Å². The van der Waals surface area contributed by atoms with E-state index in [1.165, 1.54) is 0 Å². The number of aromatic nitrogens is 2. The van der Waals surface area contributed by atoms with Crippen LogP contribution in [-0.2, 0) is 20.8 Å². The molecule has 6 nitrogen and oxygen atoms in total. The van der Waals surface area contributed by atoms with Crippen molar-refractivity contribution in [3.63, 3.8) is 0 Å². The fourth-order valence-corrected chi connectivity index (χ4v) is 4.41. The predicted octanol–water partition coefficient (Wildman–Crippen LogP) is 5.22. The van der Waals surface area contributed by atoms with Gasteiger partial charge in [-0.15, -0.1) is 11.3 Å². The van der Waals surface area contributed by atoms with E-state index in [1.54, 1.807) is 11.3 Å². The third-order valence-corrected chi connectivity index (χ3v) is 6.18. The Bertz CT molecular complexity index is 952. The maximum absolute atomic E-state index is 6.02. The SMILES string of the molecule is CC[C@H](OCc1ccc2nc(-c3ccc(N(C)C)nc3)sc2c1)OC1CCCCO1. The predicted molar refractivity (Wildman–Crippen MR) is 121 cm³/mol. The van der Waals surface area contributed by atoms with E-state index < -0.39 is 0 Å². The van der Waals surface area contributed by atoms with E-state index in [1.807, 2.05) is 31.3 Å². The van der Waals surface area contributed by atoms with Crippen molar-refractivity contribution in [2.75, 3.05) is 25.6 Å². The lowest BCUT2D eigenvalue weighted by molar-refractivity contribution is -0.259. The molecule has 30 heavy (non-hydrogen) atoms. The Morgan fingerprint density at radius 3 is 2.83 bits per heavy atom. The van der Waals surface area contributed by atoms with E-state index in [9.17, 15) is 0 Å². The summed E-state index contributed by atoms with van der Waals surface area (Å²) < 4.78 is 18.8. The van der Waals surface area contributed by atoms with Crippen LogP contribution in [0.3, 0.4) is 0 Å². The van der Waals surface area contributed by atoms with E-state index in [-0.39, 0.29) is 12.6 Å². The van der Waals surface area contributed by atoms with Gasteiger partial charge in [0.1, 0.15) is 10.8 Å². The molecule has 3 heterocycles. The zero-order valence-electron chi connectivity index (χ0n) is 17.8. The molecule has 1 aliphatic heterocycles. The van der Waals surface area contributed by atoms with Gasteiger partial charge in [0.05, 0.1) is 16.8 Å². The monoisotopic (exact) mass is 427 g/mol. The van der Waals surface area contributed by atoms with E-state index in [2.05, 4.69) is 36.2 Å². The number of thiazole rings is 1. The molecule has 4 rings (SSSR count). The van der Waals surface area contributed by atoms with Crippen LogP contribution >= 0.6 is 11.3 Å². The first-order valence-corrected chi connectivity index (χ1v) is 11.4. The highest BCUT2D eigenvalue weighted by atomic mass is 32.1. The minimum absolute atomic E-state index is 0.136. The molecule has 1 aliphatic rings. The summed E-state index contributed by atoms with van der Waals surface area (Å²) in [7, 11) is 3.97. The van der Waals surface area contributed by atoms with Gasteiger partial charge >= 0.3 is 0 Å². The molecule has 0 bridgehead atoms. The van der Waals surface area contributed by atoms with Crippen molar-refractivity contribution in [1.29, 1.82) is 0 Å². The number of fused-ring (bicyclic) bond motifs is 1. The average molecular weight is 428 g/mol. The fraction of sp³-hybridized carbons (Fsp3) is 0.478. The number of ether oxygens (including phenoxy) is 3. The second kappa shape index (κ2) is 9.83. The van der Waals surface area contributed by atoms with Crippen LogP contribution in [-0.4, -0.2) is 43.3 Å². The van der Waals surface area contributed by atoms with Crippen molar-refractivity contribution in [2.45, 2.75) is 51.8 Å². The summed E-state index contributed by atoms with van der Waals surface area (Å²) in [5.74, 6) is 0.936. The molecular weight excluding hydrogens is 398 g/mol. The summed E-state index contributed by atoms with van der Waals surface area (Å²) >= 11 is 1.68. The van der Waals surface area contributed by atoms with Gasteiger partial charge in [-0.3, -0.25) is 0 Å². The van der Waals surface area contributed by atoms with Crippen molar-refractivity contribution >= 4 is 27.4 Å². The van der Waals surface area contributed by atoms with Gasteiger partial charge in [-0.25, -0.2) is 9.97 Å². The molecule has 0 amide bonds. The fourth-order valence-electron chi connectivity index (χ4n) is 3.39. The van der Waals surface area contributed by atoms with Crippen LogP contribution in [0.5, 0.6) is 0 Å². The van der Waals surface area contributed by atoms with Crippen molar-refractivity contribution in [2.24, 2.45) is 0 Å². The van der Waals surface area contributed by atoms with Gasteiger partial charge in [-0.05, 0) is 55.5 Å². The molecule has 7 heteroatoms. The first-order chi connectivity index (χ1) is 14.6. The molecule has 160 valence electrons. The summed E-state index contributed by atoms with van der Waals surface area (Å²) in [6, 6.07) is 10.4. The minimum atomic E-state index is -0.248. The van der Waals surface area contributed by atoms with Crippen molar-refractivity contribution in [3.8, 4) is 10.6 Å². The van der Waals surface area contributed by atoms with Crippen molar-refractivity contribution in [1.82, 2.24) is 9.97 Å². The molecule has 0 aliphatic carbocycles. The topological polar surface area (TPSA) is 56.7 Å². The third-order valence-electron chi connectivity index (χ3n) is 5.12. The number of pyridine rings is 1. The normalized spacial score (nSPS) is 17.9. The summed E-state index contributed by atoms with van der Waals surface area (Å²) in [4.78, 5) is 11.3. The molecule has 1 saturated heterocycles. The minimum Gasteiger partial charge on any atom is -0.363 e. The third kappa shape index (κ3) is 5.16. The molecule has 2 atom stereocenters.